The maximum absolute atomic E-state index is 12.1. The summed E-state index contributed by atoms with van der Waals surface area (Å²) in [5, 5.41) is 0. The Kier molecular flexibility index (Phi) is 4.06. The van der Waals surface area contributed by atoms with Gasteiger partial charge in [-0.2, -0.15) is 0 Å². The summed E-state index contributed by atoms with van der Waals surface area (Å²) >= 11 is 0. The van der Waals surface area contributed by atoms with Crippen LogP contribution >= 0.6 is 0 Å². The van der Waals surface area contributed by atoms with E-state index in [0.717, 1.165) is 0 Å². The van der Waals surface area contributed by atoms with Crippen molar-refractivity contribution in [1.29, 1.82) is 0 Å². The number of rotatable bonds is 3. The lowest BCUT2D eigenvalue weighted by Gasteiger charge is -2.34. The first-order valence-corrected chi connectivity index (χ1v) is 4.71. The predicted molar refractivity (Wildman–Crippen MR) is 47.0 cm³/mol. The van der Waals surface area contributed by atoms with Gasteiger partial charge in [-0.1, -0.05) is 13.8 Å². The molecule has 0 amide bonds. The summed E-state index contributed by atoms with van der Waals surface area (Å²) in [6.45, 7) is 5.84. The van der Waals surface area contributed by atoms with Gasteiger partial charge in [0.05, 0.1) is 19.3 Å². The smallest absolute Gasteiger partial charge is 0.251 e. The molecule has 0 aromatic heterocycles. The zero-order valence-electron chi connectivity index (χ0n) is 8.17. The lowest BCUT2D eigenvalue weighted by molar-refractivity contribution is -0.0631. The Bertz CT molecular complexity index is 153. The highest BCUT2D eigenvalue weighted by atomic mass is 19.3. The van der Waals surface area contributed by atoms with E-state index in [0.29, 0.717) is 25.6 Å². The van der Waals surface area contributed by atoms with Gasteiger partial charge in [0.15, 0.2) is 0 Å². The van der Waals surface area contributed by atoms with E-state index in [1.165, 1.54) is 0 Å². The van der Waals surface area contributed by atoms with E-state index in [9.17, 15) is 8.78 Å². The third-order valence-electron chi connectivity index (χ3n) is 2.32. The van der Waals surface area contributed by atoms with E-state index in [4.69, 9.17) is 4.74 Å². The molecule has 0 aromatic rings. The minimum atomic E-state index is -2.23. The van der Waals surface area contributed by atoms with Crippen molar-refractivity contribution >= 4 is 0 Å². The minimum Gasteiger partial charge on any atom is -0.375 e. The fourth-order valence-corrected chi connectivity index (χ4v) is 1.50. The van der Waals surface area contributed by atoms with Crippen LogP contribution in [0.3, 0.4) is 0 Å². The Morgan fingerprint density at radius 1 is 1.46 bits per heavy atom. The molecule has 0 saturated carbocycles. The largest absolute Gasteiger partial charge is 0.375 e. The molecule has 1 aliphatic heterocycles. The Labute approximate surface area is 77.9 Å². The third kappa shape index (κ3) is 3.56. The number of hydrogen-bond acceptors (Lipinski definition) is 2. The van der Waals surface area contributed by atoms with Crippen LogP contribution in [-0.2, 0) is 4.74 Å². The van der Waals surface area contributed by atoms with Crippen molar-refractivity contribution in [2.45, 2.75) is 26.4 Å². The molecule has 4 heteroatoms. The van der Waals surface area contributed by atoms with Crippen LogP contribution in [0.25, 0.3) is 0 Å². The van der Waals surface area contributed by atoms with Crippen molar-refractivity contribution in [1.82, 2.24) is 4.90 Å². The number of ether oxygens (including phenoxy) is 1. The van der Waals surface area contributed by atoms with Crippen LogP contribution in [0.4, 0.5) is 8.78 Å². The molecule has 13 heavy (non-hydrogen) atoms. The van der Waals surface area contributed by atoms with Gasteiger partial charge in [-0.15, -0.1) is 0 Å². The highest BCUT2D eigenvalue weighted by molar-refractivity contribution is 4.74. The highest BCUT2D eigenvalue weighted by Crippen LogP contribution is 2.13. The first kappa shape index (κ1) is 10.9. The van der Waals surface area contributed by atoms with Crippen molar-refractivity contribution in [3.63, 3.8) is 0 Å². The minimum absolute atomic E-state index is 0.118. The monoisotopic (exact) mass is 193 g/mol. The molecule has 1 heterocycles. The molecule has 1 unspecified atom stereocenters. The quantitative estimate of drug-likeness (QED) is 0.675. The van der Waals surface area contributed by atoms with Crippen molar-refractivity contribution < 1.29 is 13.5 Å². The molecule has 1 saturated heterocycles. The number of halogens is 2. The van der Waals surface area contributed by atoms with E-state index in [1.807, 2.05) is 0 Å². The van der Waals surface area contributed by atoms with Gasteiger partial charge >= 0.3 is 0 Å². The van der Waals surface area contributed by atoms with Crippen LogP contribution < -0.4 is 0 Å². The molecule has 1 aliphatic rings. The molecule has 0 aromatic carbocycles. The normalized spacial score (nSPS) is 25.8. The topological polar surface area (TPSA) is 12.5 Å². The Morgan fingerprint density at radius 2 is 2.15 bits per heavy atom. The zero-order valence-corrected chi connectivity index (χ0v) is 8.17. The van der Waals surface area contributed by atoms with Crippen molar-refractivity contribution in [3.8, 4) is 0 Å². The number of nitrogens with zero attached hydrogens (tertiary/aromatic N) is 1. The standard InChI is InChI=1S/C9H17F2NO/c1-7(2)8-5-12(3-4-13-8)6-9(10)11/h7-9H,3-6H2,1-2H3. The summed E-state index contributed by atoms with van der Waals surface area (Å²) in [6.07, 6.45) is -2.11. The van der Waals surface area contributed by atoms with Crippen LogP contribution in [-0.4, -0.2) is 43.7 Å². The Morgan fingerprint density at radius 3 is 2.69 bits per heavy atom. The molecule has 1 rings (SSSR count). The van der Waals surface area contributed by atoms with E-state index in [2.05, 4.69) is 13.8 Å². The third-order valence-corrected chi connectivity index (χ3v) is 2.32. The van der Waals surface area contributed by atoms with Gasteiger partial charge in [-0.05, 0) is 5.92 Å². The van der Waals surface area contributed by atoms with Gasteiger partial charge in [-0.25, -0.2) is 8.78 Å². The highest BCUT2D eigenvalue weighted by Gasteiger charge is 2.24. The fraction of sp³-hybridized carbons (Fsp3) is 1.00. The van der Waals surface area contributed by atoms with E-state index < -0.39 is 6.43 Å². The zero-order chi connectivity index (χ0) is 9.84. The molecule has 1 atom stereocenters. The summed E-state index contributed by atoms with van der Waals surface area (Å²) in [5.41, 5.74) is 0. The number of alkyl halides is 2. The summed E-state index contributed by atoms with van der Waals surface area (Å²) in [6, 6.07) is 0. The average Bonchev–Trinajstić information content (AvgIpc) is 2.03. The number of morpholine rings is 1. The summed E-state index contributed by atoms with van der Waals surface area (Å²) in [5.74, 6) is 0.403. The SMILES string of the molecule is CC(C)C1CN(CC(F)F)CCO1. The average molecular weight is 193 g/mol. The van der Waals surface area contributed by atoms with Gasteiger partial charge < -0.3 is 4.74 Å². The van der Waals surface area contributed by atoms with E-state index in [-0.39, 0.29) is 12.6 Å². The van der Waals surface area contributed by atoms with E-state index in [1.54, 1.807) is 4.90 Å². The van der Waals surface area contributed by atoms with Gasteiger partial charge in [-0.3, -0.25) is 4.90 Å². The molecule has 78 valence electrons. The number of hydrogen-bond donors (Lipinski definition) is 0. The first-order valence-electron chi connectivity index (χ1n) is 4.71. The van der Waals surface area contributed by atoms with Crippen molar-refractivity contribution in [2.24, 2.45) is 5.92 Å². The van der Waals surface area contributed by atoms with Crippen LogP contribution in [0.2, 0.25) is 0 Å². The van der Waals surface area contributed by atoms with E-state index >= 15 is 0 Å². The fourth-order valence-electron chi connectivity index (χ4n) is 1.50. The van der Waals surface area contributed by atoms with Crippen molar-refractivity contribution in [2.75, 3.05) is 26.2 Å². The second-order valence-corrected chi connectivity index (χ2v) is 3.80. The van der Waals surface area contributed by atoms with Crippen LogP contribution in [0.1, 0.15) is 13.8 Å². The van der Waals surface area contributed by atoms with Gasteiger partial charge in [0.1, 0.15) is 0 Å². The lowest BCUT2D eigenvalue weighted by atomic mass is 10.1. The first-order chi connectivity index (χ1) is 6.09. The Hall–Kier alpha value is -0.220. The molecular weight excluding hydrogens is 176 g/mol. The Balaban J connectivity index is 2.33. The molecule has 0 N–H and O–H groups in total. The van der Waals surface area contributed by atoms with Gasteiger partial charge in [0.2, 0.25) is 0 Å². The molecule has 0 spiro atoms. The molecule has 1 fully saturated rings. The summed E-state index contributed by atoms with van der Waals surface area (Å²) in [7, 11) is 0. The summed E-state index contributed by atoms with van der Waals surface area (Å²) in [4.78, 5) is 1.78. The molecule has 2 nitrogen and oxygen atoms in total. The van der Waals surface area contributed by atoms with Crippen LogP contribution in [0.5, 0.6) is 0 Å². The second-order valence-electron chi connectivity index (χ2n) is 3.80. The van der Waals surface area contributed by atoms with Crippen molar-refractivity contribution in [3.05, 3.63) is 0 Å². The molecule has 0 bridgehead atoms. The molecule has 0 radical (unpaired) electrons. The lowest BCUT2D eigenvalue weighted by Crippen LogP contribution is -2.46. The predicted octanol–water partition coefficient (Wildman–Crippen LogP) is 1.61. The summed E-state index contributed by atoms with van der Waals surface area (Å²) < 4.78 is 29.6. The maximum Gasteiger partial charge on any atom is 0.251 e. The van der Waals surface area contributed by atoms with Crippen LogP contribution in [0.15, 0.2) is 0 Å². The maximum atomic E-state index is 12.1. The van der Waals surface area contributed by atoms with Gasteiger partial charge in [0, 0.05) is 13.1 Å². The van der Waals surface area contributed by atoms with Gasteiger partial charge in [0.25, 0.3) is 6.43 Å². The van der Waals surface area contributed by atoms with Crippen LogP contribution in [0, 0.1) is 5.92 Å². The molecule has 0 aliphatic carbocycles. The second kappa shape index (κ2) is 4.86. The molecular formula is C9H17F2NO.